The second-order valence-electron chi connectivity index (χ2n) is 12.5. The van der Waals surface area contributed by atoms with Crippen molar-refractivity contribution >= 4 is 23.2 Å². The van der Waals surface area contributed by atoms with Crippen LogP contribution in [0.3, 0.4) is 0 Å². The fraction of sp³-hybridized carbons (Fsp3) is 0.424. The first-order chi connectivity index (χ1) is 21.2. The molecule has 2 aromatic carbocycles. The largest absolute Gasteiger partial charge is 0.508 e. The van der Waals surface area contributed by atoms with E-state index in [0.29, 0.717) is 23.4 Å². The van der Waals surface area contributed by atoms with Crippen LogP contribution in [-0.4, -0.2) is 108 Å². The number of methoxy groups -OCH3 is 1. The molecule has 0 aliphatic heterocycles. The number of Topliss-reactive ketones (excluding diaryl/α,β-unsaturated/α-hetero) is 2. The van der Waals surface area contributed by atoms with E-state index in [4.69, 9.17) is 10.5 Å². The Bertz CT molecular complexity index is 1650. The molecule has 2 unspecified atom stereocenters. The van der Waals surface area contributed by atoms with E-state index in [0.717, 1.165) is 24.2 Å². The third-order valence-electron chi connectivity index (χ3n) is 9.22. The van der Waals surface area contributed by atoms with Gasteiger partial charge in [0.25, 0.3) is 5.91 Å². The monoisotopic (exact) mass is 620 g/mol. The second kappa shape index (κ2) is 11.9. The van der Waals surface area contributed by atoms with Gasteiger partial charge in [-0.2, -0.15) is 0 Å². The first-order valence-electron chi connectivity index (χ1n) is 14.8. The maximum absolute atomic E-state index is 14.1. The van der Waals surface area contributed by atoms with Crippen LogP contribution in [0.25, 0.3) is 16.9 Å². The maximum atomic E-state index is 14.1. The second-order valence-corrected chi connectivity index (χ2v) is 12.5. The number of carbonyl (C=O) groups excluding carboxylic acids is 3. The number of nitrogens with zero attached hydrogens (tertiary/aromatic N) is 2. The van der Waals surface area contributed by atoms with Gasteiger partial charge >= 0.3 is 0 Å². The number of carbonyl (C=O) groups is 3. The topological polar surface area (TPSA) is 186 Å². The first-order valence-corrected chi connectivity index (χ1v) is 14.8. The van der Waals surface area contributed by atoms with Crippen LogP contribution in [0.5, 0.6) is 11.5 Å². The van der Waals surface area contributed by atoms with Gasteiger partial charge in [0.2, 0.25) is 5.78 Å². The quantitative estimate of drug-likeness (QED) is 0.175. The predicted molar refractivity (Wildman–Crippen MR) is 166 cm³/mol. The van der Waals surface area contributed by atoms with Gasteiger partial charge in [-0.05, 0) is 81.8 Å². The highest BCUT2D eigenvalue weighted by atomic mass is 16.5. The van der Waals surface area contributed by atoms with Crippen LogP contribution < -0.4 is 15.8 Å². The molecule has 0 heterocycles. The van der Waals surface area contributed by atoms with E-state index < -0.39 is 58.0 Å². The molecule has 0 aromatic heterocycles. The van der Waals surface area contributed by atoms with E-state index in [2.05, 4.69) is 10.2 Å². The summed E-state index contributed by atoms with van der Waals surface area (Å²) in [5, 5.41) is 48.9. The normalized spacial score (nSPS) is 24.6. The molecule has 0 saturated heterocycles. The van der Waals surface area contributed by atoms with Gasteiger partial charge in [0.1, 0.15) is 28.6 Å². The van der Waals surface area contributed by atoms with Crippen molar-refractivity contribution in [3.05, 3.63) is 63.9 Å². The minimum atomic E-state index is -2.69. The van der Waals surface area contributed by atoms with Crippen LogP contribution >= 0.6 is 0 Å². The number of aliphatic hydroxyl groups is 3. The zero-order valence-corrected chi connectivity index (χ0v) is 26.0. The average molecular weight is 621 g/mol. The zero-order chi connectivity index (χ0) is 33.0. The summed E-state index contributed by atoms with van der Waals surface area (Å²) in [7, 11) is 8.69. The molecule has 12 nitrogen and oxygen atoms in total. The summed E-state index contributed by atoms with van der Waals surface area (Å²) in [5.41, 5.74) is 4.66. The van der Waals surface area contributed by atoms with Crippen LogP contribution in [0.1, 0.15) is 23.1 Å². The van der Waals surface area contributed by atoms with Gasteiger partial charge < -0.3 is 41.1 Å². The molecule has 240 valence electrons. The minimum Gasteiger partial charge on any atom is -0.508 e. The SMILES string of the molecule is COc1ccc(CNCCN(C)C)cc1-c1ccc(O)c2c1CC1CC3[C@H](N(C)C)C(=O)C(C(N)=O)=C(O)[C@@]3(O)C(=O)C1=C2O. The standard InChI is InChI=1S/C33H40N4O8/c1-36(2)11-10-35-15-16-6-9-23(45-5)19(12-16)18-7-8-22(38)25-20(18)13-17-14-21-27(37(3)4)29(40)26(32(34)43)31(42)33(21,44)30(41)24(17)28(25)39/h6-9,12,17,21,27,35,38-39,42,44H,10-11,13-15H2,1-5H3,(H2,34,43)/t17?,21?,27-,33-/m0/s1. The number of nitrogens with two attached hydrogens (primary N) is 1. The summed E-state index contributed by atoms with van der Waals surface area (Å²) in [5.74, 6) is -6.30. The fourth-order valence-corrected chi connectivity index (χ4v) is 7.11. The van der Waals surface area contributed by atoms with Crippen LogP contribution in [0.4, 0.5) is 0 Å². The molecule has 3 aliphatic rings. The van der Waals surface area contributed by atoms with Crippen LogP contribution in [-0.2, 0) is 27.3 Å². The van der Waals surface area contributed by atoms with Crippen molar-refractivity contribution in [2.75, 3.05) is 48.4 Å². The molecular weight excluding hydrogens is 580 g/mol. The molecule has 7 N–H and O–H groups in total. The number of aromatic hydroxyl groups is 1. The van der Waals surface area contributed by atoms with Crippen LogP contribution in [0, 0.1) is 11.8 Å². The molecule has 0 bridgehead atoms. The molecular formula is C33H40N4O8. The lowest BCUT2D eigenvalue weighted by atomic mass is 9.57. The summed E-state index contributed by atoms with van der Waals surface area (Å²) in [6, 6.07) is 7.78. The lowest BCUT2D eigenvalue weighted by Crippen LogP contribution is -2.65. The molecule has 1 saturated carbocycles. The molecule has 0 spiro atoms. The molecule has 2 aromatic rings. The Labute approximate surface area is 261 Å². The molecule has 3 aliphatic carbocycles. The van der Waals surface area contributed by atoms with Crippen molar-refractivity contribution in [3.8, 4) is 22.6 Å². The number of rotatable bonds is 9. The lowest BCUT2D eigenvalue weighted by molar-refractivity contribution is -0.153. The molecule has 45 heavy (non-hydrogen) atoms. The number of primary amides is 1. The highest BCUT2D eigenvalue weighted by molar-refractivity contribution is 6.24. The number of benzene rings is 2. The van der Waals surface area contributed by atoms with E-state index in [1.54, 1.807) is 27.3 Å². The van der Waals surface area contributed by atoms with Crippen molar-refractivity contribution in [2.24, 2.45) is 17.6 Å². The fourth-order valence-electron chi connectivity index (χ4n) is 7.11. The number of ether oxygens (including phenoxy) is 1. The summed E-state index contributed by atoms with van der Waals surface area (Å²) in [6.07, 6.45) is 0.181. The third-order valence-corrected chi connectivity index (χ3v) is 9.22. The van der Waals surface area contributed by atoms with Gasteiger partial charge in [0.15, 0.2) is 11.4 Å². The number of phenolic OH excluding ortho intramolecular Hbond substituents is 1. The smallest absolute Gasteiger partial charge is 0.255 e. The number of phenols is 1. The van der Waals surface area contributed by atoms with E-state index in [-0.39, 0.29) is 29.7 Å². The van der Waals surface area contributed by atoms with Gasteiger partial charge in [-0.1, -0.05) is 12.1 Å². The average Bonchev–Trinajstić information content (AvgIpc) is 2.97. The van der Waals surface area contributed by atoms with Gasteiger partial charge in [-0.3, -0.25) is 19.3 Å². The number of likely N-dealkylation sites (N-methyl/N-ethyl adjacent to an activating group) is 2. The minimum absolute atomic E-state index is 0.00777. The predicted octanol–water partition coefficient (Wildman–Crippen LogP) is 1.29. The Balaban J connectivity index is 1.64. The van der Waals surface area contributed by atoms with Crippen molar-refractivity contribution in [1.82, 2.24) is 15.1 Å². The summed E-state index contributed by atoms with van der Waals surface area (Å²) < 4.78 is 5.70. The summed E-state index contributed by atoms with van der Waals surface area (Å²) in [4.78, 5) is 43.2. The molecule has 1 amide bonds. The Morgan fingerprint density at radius 1 is 1.09 bits per heavy atom. The number of ketones is 2. The van der Waals surface area contributed by atoms with Gasteiger partial charge in [0, 0.05) is 36.7 Å². The van der Waals surface area contributed by atoms with E-state index in [1.165, 1.54) is 11.0 Å². The molecule has 4 atom stereocenters. The Morgan fingerprint density at radius 3 is 2.42 bits per heavy atom. The van der Waals surface area contributed by atoms with Gasteiger partial charge in [0.05, 0.1) is 18.7 Å². The van der Waals surface area contributed by atoms with E-state index in [1.807, 2.05) is 32.3 Å². The van der Waals surface area contributed by atoms with Gasteiger partial charge in [-0.25, -0.2) is 0 Å². The molecule has 0 radical (unpaired) electrons. The number of nitrogens with one attached hydrogen (secondary N) is 1. The number of fused-ring (bicyclic) bond motifs is 3. The van der Waals surface area contributed by atoms with E-state index in [9.17, 15) is 34.8 Å². The maximum Gasteiger partial charge on any atom is 0.255 e. The molecule has 5 rings (SSSR count). The number of hydrogen-bond acceptors (Lipinski definition) is 11. The number of hydrogen-bond donors (Lipinski definition) is 6. The number of amides is 1. The summed E-state index contributed by atoms with van der Waals surface area (Å²) >= 11 is 0. The van der Waals surface area contributed by atoms with Crippen LogP contribution in [0.2, 0.25) is 0 Å². The number of aliphatic hydroxyl groups excluding tert-OH is 2. The molecule has 12 heteroatoms. The van der Waals surface area contributed by atoms with Crippen molar-refractivity contribution in [1.29, 1.82) is 0 Å². The van der Waals surface area contributed by atoms with Gasteiger partial charge in [-0.15, -0.1) is 0 Å². The Hall–Kier alpha value is -4.23. The Kier molecular flexibility index (Phi) is 8.53. The third kappa shape index (κ3) is 5.17. The van der Waals surface area contributed by atoms with Crippen molar-refractivity contribution in [3.63, 3.8) is 0 Å². The zero-order valence-electron chi connectivity index (χ0n) is 26.0. The van der Waals surface area contributed by atoms with E-state index >= 15 is 0 Å². The molecule has 1 fully saturated rings. The van der Waals surface area contributed by atoms with Crippen molar-refractivity contribution < 1.29 is 39.5 Å². The highest BCUT2D eigenvalue weighted by Gasteiger charge is 2.64. The van der Waals surface area contributed by atoms with Crippen molar-refractivity contribution in [2.45, 2.75) is 31.0 Å². The Morgan fingerprint density at radius 2 is 1.80 bits per heavy atom. The lowest BCUT2D eigenvalue weighted by Gasteiger charge is -2.50. The highest BCUT2D eigenvalue weighted by Crippen LogP contribution is 2.54. The summed E-state index contributed by atoms with van der Waals surface area (Å²) in [6.45, 7) is 2.26. The first kappa shape index (κ1) is 32.2. The van der Waals surface area contributed by atoms with Crippen LogP contribution in [0.15, 0.2) is 47.2 Å².